The molecule has 0 amide bonds. The van der Waals surface area contributed by atoms with Crippen molar-refractivity contribution in [1.82, 2.24) is 33.2 Å². The van der Waals surface area contributed by atoms with Gasteiger partial charge in [0.05, 0.1) is 49.8 Å². The number of benzene rings is 11. The molecule has 16 aromatic rings. The molecule has 0 N–H and O–H groups in total. The fraction of sp³-hybridized carbons (Fsp3) is 0. The van der Waals surface area contributed by atoms with E-state index in [2.05, 4.69) is 279 Å². The van der Waals surface area contributed by atoms with E-state index in [-0.39, 0.29) is 0 Å². The van der Waals surface area contributed by atoms with Crippen LogP contribution in [0.4, 0.5) is 0 Å². The quantitative estimate of drug-likeness (QED) is 0.160. The summed E-state index contributed by atoms with van der Waals surface area (Å²) in [6.07, 6.45) is 0. The first kappa shape index (κ1) is 42.2. The molecule has 0 aliphatic carbocycles. The molecule has 11 aromatic carbocycles. The van der Waals surface area contributed by atoms with Gasteiger partial charge in [-0.05, 0) is 115 Å². The predicted molar refractivity (Wildman–Crippen MR) is 313 cm³/mol. The lowest BCUT2D eigenvalue weighted by atomic mass is 10.1. The molecule has 0 spiro atoms. The topological polar surface area (TPSA) is 58.4 Å². The fourth-order valence-corrected chi connectivity index (χ4v) is 12.1. The van der Waals surface area contributed by atoms with Gasteiger partial charge >= 0.3 is 0 Å². The molecule has 354 valence electrons. The summed E-state index contributed by atoms with van der Waals surface area (Å²) in [5.74, 6) is 1.73. The van der Waals surface area contributed by atoms with Gasteiger partial charge in [-0.1, -0.05) is 146 Å². The van der Waals surface area contributed by atoms with Crippen LogP contribution in [0, 0.1) is 0 Å². The van der Waals surface area contributed by atoms with E-state index in [9.17, 15) is 0 Å². The van der Waals surface area contributed by atoms with Gasteiger partial charge in [-0.15, -0.1) is 0 Å². The van der Waals surface area contributed by atoms with Crippen LogP contribution in [-0.2, 0) is 0 Å². The number of hydrogen-bond acceptors (Lipinski definition) is 3. The molecule has 7 heteroatoms. The van der Waals surface area contributed by atoms with Gasteiger partial charge in [-0.25, -0.2) is 15.0 Å². The highest BCUT2D eigenvalue weighted by Crippen LogP contribution is 2.41. The molecule has 0 atom stereocenters. The van der Waals surface area contributed by atoms with Gasteiger partial charge < -0.3 is 18.3 Å². The number of hydrogen-bond donors (Lipinski definition) is 0. The highest BCUT2D eigenvalue weighted by Gasteiger charge is 2.23. The van der Waals surface area contributed by atoms with Crippen LogP contribution in [0.25, 0.3) is 144 Å². The Balaban J connectivity index is 0.937. The second kappa shape index (κ2) is 16.6. The number of aromatic nitrogens is 7. The number of rotatable bonds is 7. The normalized spacial score (nSPS) is 11.9. The summed E-state index contributed by atoms with van der Waals surface area (Å²) in [6, 6.07) is 93.2. The molecule has 0 radical (unpaired) electrons. The third-order valence-electron chi connectivity index (χ3n) is 15.4. The zero-order chi connectivity index (χ0) is 49.8. The van der Waals surface area contributed by atoms with E-state index in [4.69, 9.17) is 15.0 Å². The van der Waals surface area contributed by atoms with Crippen molar-refractivity contribution >= 4 is 87.2 Å². The Morgan fingerprint density at radius 3 is 0.776 bits per heavy atom. The minimum Gasteiger partial charge on any atom is -0.309 e. The van der Waals surface area contributed by atoms with E-state index in [1.54, 1.807) is 0 Å². The van der Waals surface area contributed by atoms with Crippen molar-refractivity contribution in [3.8, 4) is 56.9 Å². The van der Waals surface area contributed by atoms with Gasteiger partial charge in [0.15, 0.2) is 17.5 Å². The molecule has 76 heavy (non-hydrogen) atoms. The number of fused-ring (bicyclic) bond motifs is 12. The molecule has 0 aliphatic rings. The van der Waals surface area contributed by atoms with E-state index in [0.717, 1.165) is 83.6 Å². The van der Waals surface area contributed by atoms with E-state index in [1.807, 2.05) is 0 Å². The number of para-hydroxylation sites is 8. The second-order valence-corrected chi connectivity index (χ2v) is 19.6. The van der Waals surface area contributed by atoms with Crippen LogP contribution in [0.15, 0.2) is 261 Å². The summed E-state index contributed by atoms with van der Waals surface area (Å²) in [5, 5.41) is 9.65. The lowest BCUT2D eigenvalue weighted by Gasteiger charge is -2.17. The Hall–Kier alpha value is -10.4. The minimum atomic E-state index is 0.567. The van der Waals surface area contributed by atoms with Crippen molar-refractivity contribution in [3.05, 3.63) is 261 Å². The zero-order valence-electron chi connectivity index (χ0n) is 41.0. The summed E-state index contributed by atoms with van der Waals surface area (Å²) in [4.78, 5) is 16.5. The van der Waals surface area contributed by atoms with E-state index >= 15 is 0 Å². The molecular formula is C69H43N7. The van der Waals surface area contributed by atoms with E-state index in [1.165, 1.54) is 43.1 Å². The van der Waals surface area contributed by atoms with Crippen LogP contribution in [0.1, 0.15) is 0 Å². The molecule has 0 fully saturated rings. The van der Waals surface area contributed by atoms with Gasteiger partial charge in [0, 0.05) is 76.8 Å². The first-order valence-corrected chi connectivity index (χ1v) is 25.8. The molecule has 0 unspecified atom stereocenters. The smallest absolute Gasteiger partial charge is 0.166 e. The monoisotopic (exact) mass is 969 g/mol. The maximum Gasteiger partial charge on any atom is 0.166 e. The van der Waals surface area contributed by atoms with Crippen LogP contribution in [0.5, 0.6) is 0 Å². The Morgan fingerprint density at radius 1 is 0.211 bits per heavy atom. The van der Waals surface area contributed by atoms with Gasteiger partial charge in [0.1, 0.15) is 0 Å². The average molecular weight is 970 g/mol. The van der Waals surface area contributed by atoms with Gasteiger partial charge in [-0.2, -0.15) is 0 Å². The third kappa shape index (κ3) is 6.33. The summed E-state index contributed by atoms with van der Waals surface area (Å²) in [6.45, 7) is 0. The molecule has 0 saturated carbocycles. The molecule has 0 saturated heterocycles. The molecular weight excluding hydrogens is 927 g/mol. The van der Waals surface area contributed by atoms with Crippen molar-refractivity contribution in [2.24, 2.45) is 0 Å². The SMILES string of the molecule is c1ccc2c(c1)c1ccccc1n2-c1ccc(-c2nc(-c3ccc(-n4c5ccccc5c5ccccc54)cc3)nc(-c3cc(-n4c5ccccc5c5ccccc54)ccc3-n3c4ccccc4c4ccccc43)n2)cc1. The summed E-state index contributed by atoms with van der Waals surface area (Å²) in [5.41, 5.74) is 15.8. The molecule has 7 nitrogen and oxygen atoms in total. The predicted octanol–water partition coefficient (Wildman–Crippen LogP) is 17.3. The van der Waals surface area contributed by atoms with E-state index in [0.29, 0.717) is 17.5 Å². The molecule has 0 bridgehead atoms. The zero-order valence-corrected chi connectivity index (χ0v) is 41.0. The lowest BCUT2D eigenvalue weighted by Crippen LogP contribution is -2.05. The molecule has 16 rings (SSSR count). The molecule has 5 heterocycles. The van der Waals surface area contributed by atoms with Crippen LogP contribution in [0.2, 0.25) is 0 Å². The van der Waals surface area contributed by atoms with Crippen molar-refractivity contribution < 1.29 is 0 Å². The lowest BCUT2D eigenvalue weighted by molar-refractivity contribution is 1.06. The van der Waals surface area contributed by atoms with Crippen LogP contribution >= 0.6 is 0 Å². The minimum absolute atomic E-state index is 0.567. The van der Waals surface area contributed by atoms with E-state index < -0.39 is 0 Å². The maximum atomic E-state index is 5.54. The largest absolute Gasteiger partial charge is 0.309 e. The van der Waals surface area contributed by atoms with Crippen LogP contribution < -0.4 is 0 Å². The highest BCUT2D eigenvalue weighted by molar-refractivity contribution is 6.12. The summed E-state index contributed by atoms with van der Waals surface area (Å²) < 4.78 is 9.43. The average Bonchev–Trinajstić information content (AvgIpc) is 4.27. The van der Waals surface area contributed by atoms with Gasteiger partial charge in [0.2, 0.25) is 0 Å². The van der Waals surface area contributed by atoms with Crippen molar-refractivity contribution in [1.29, 1.82) is 0 Å². The number of nitrogens with zero attached hydrogens (tertiary/aromatic N) is 7. The fourth-order valence-electron chi connectivity index (χ4n) is 12.1. The Labute approximate surface area is 436 Å². The Kier molecular flexibility index (Phi) is 9.20. The van der Waals surface area contributed by atoms with Crippen molar-refractivity contribution in [2.75, 3.05) is 0 Å². The Morgan fingerprint density at radius 2 is 0.461 bits per heavy atom. The van der Waals surface area contributed by atoms with Crippen LogP contribution in [0.3, 0.4) is 0 Å². The second-order valence-electron chi connectivity index (χ2n) is 19.6. The maximum absolute atomic E-state index is 5.54. The van der Waals surface area contributed by atoms with Gasteiger partial charge in [0.25, 0.3) is 0 Å². The summed E-state index contributed by atoms with van der Waals surface area (Å²) >= 11 is 0. The standard InChI is InChI=1S/C69H43N7/c1-9-25-58-49(17-1)50-18-2-10-26-59(50)73(58)46-37-33-44(34-38-46)67-70-68(45-35-39-47(40-36-45)74-60-27-11-3-19-51(60)52-20-4-12-28-61(52)74)72-69(71-67)57-43-48(75-62-29-13-5-21-53(62)54-22-6-14-30-63(54)75)41-42-66(57)76-64-31-15-7-23-55(64)56-24-8-16-32-65(56)76/h1-43H. The summed E-state index contributed by atoms with van der Waals surface area (Å²) in [7, 11) is 0. The Bertz CT molecular complexity index is 4600. The molecule has 5 aromatic heterocycles. The first-order valence-electron chi connectivity index (χ1n) is 25.8. The van der Waals surface area contributed by atoms with Crippen molar-refractivity contribution in [2.45, 2.75) is 0 Å². The first-order chi connectivity index (χ1) is 37.7. The van der Waals surface area contributed by atoms with Crippen molar-refractivity contribution in [3.63, 3.8) is 0 Å². The molecule has 0 aliphatic heterocycles. The van der Waals surface area contributed by atoms with Crippen LogP contribution in [-0.4, -0.2) is 33.2 Å². The highest BCUT2D eigenvalue weighted by atomic mass is 15.1. The van der Waals surface area contributed by atoms with Gasteiger partial charge in [-0.3, -0.25) is 0 Å². The third-order valence-corrected chi connectivity index (χ3v) is 15.4.